The largest absolute Gasteiger partial charge is 0.455 e. The predicted molar refractivity (Wildman–Crippen MR) is 113 cm³/mol. The zero-order valence-electron chi connectivity index (χ0n) is 19.3. The molecular weight excluding hydrogens is 406 g/mol. The maximum absolute atomic E-state index is 12.3. The normalized spacial score (nSPS) is 25.6. The quantitative estimate of drug-likeness (QED) is 0.244. The zero-order valence-corrected chi connectivity index (χ0v) is 19.3. The highest BCUT2D eigenvalue weighted by atomic mass is 16.7. The maximum Gasteiger partial charge on any atom is 0.306 e. The van der Waals surface area contributed by atoms with Gasteiger partial charge in [-0.1, -0.05) is 20.8 Å². The molecule has 180 valence electrons. The summed E-state index contributed by atoms with van der Waals surface area (Å²) >= 11 is 0. The predicted octanol–water partition coefficient (Wildman–Crippen LogP) is 2.62. The number of nitrogens with two attached hydrogens (primary N) is 1. The molecule has 9 heteroatoms. The minimum absolute atomic E-state index is 0.193. The van der Waals surface area contributed by atoms with Gasteiger partial charge in [0.1, 0.15) is 0 Å². The Bertz CT molecular complexity index is 556. The molecule has 0 aromatic heterocycles. The molecule has 5 atom stereocenters. The molecule has 0 aromatic rings. The van der Waals surface area contributed by atoms with E-state index in [1.165, 1.54) is 0 Å². The Morgan fingerprint density at radius 3 is 1.74 bits per heavy atom. The lowest BCUT2D eigenvalue weighted by Crippen LogP contribution is -2.61. The van der Waals surface area contributed by atoms with Gasteiger partial charge < -0.3 is 29.4 Å². The first-order valence-corrected chi connectivity index (χ1v) is 11.4. The van der Waals surface area contributed by atoms with E-state index in [4.69, 9.17) is 29.4 Å². The third kappa shape index (κ3) is 9.53. The lowest BCUT2D eigenvalue weighted by molar-refractivity contribution is -0.301. The van der Waals surface area contributed by atoms with Crippen molar-refractivity contribution in [1.82, 2.24) is 0 Å². The van der Waals surface area contributed by atoms with Crippen LogP contribution in [0.3, 0.4) is 0 Å². The smallest absolute Gasteiger partial charge is 0.306 e. The molecule has 1 saturated heterocycles. The van der Waals surface area contributed by atoms with Gasteiger partial charge >= 0.3 is 17.9 Å². The van der Waals surface area contributed by atoms with Gasteiger partial charge in [-0.05, 0) is 45.6 Å². The molecule has 31 heavy (non-hydrogen) atoms. The monoisotopic (exact) mass is 445 g/mol. The molecule has 2 N–H and O–H groups in total. The average molecular weight is 446 g/mol. The summed E-state index contributed by atoms with van der Waals surface area (Å²) in [6, 6.07) is 0. The van der Waals surface area contributed by atoms with Crippen molar-refractivity contribution >= 4 is 17.9 Å². The van der Waals surface area contributed by atoms with Gasteiger partial charge in [-0.3, -0.25) is 14.4 Å². The van der Waals surface area contributed by atoms with Crippen LogP contribution in [0.25, 0.3) is 0 Å². The number of rotatable bonds is 14. The van der Waals surface area contributed by atoms with E-state index in [1.807, 2.05) is 20.8 Å². The highest BCUT2D eigenvalue weighted by Gasteiger charge is 2.51. The number of hydrogen-bond acceptors (Lipinski definition) is 9. The van der Waals surface area contributed by atoms with E-state index in [0.717, 1.165) is 6.42 Å². The third-order valence-electron chi connectivity index (χ3n) is 4.77. The van der Waals surface area contributed by atoms with Crippen molar-refractivity contribution in [2.45, 2.75) is 110 Å². The van der Waals surface area contributed by atoms with Gasteiger partial charge in [-0.2, -0.15) is 0 Å². The summed E-state index contributed by atoms with van der Waals surface area (Å²) in [6.07, 6.45) is -0.667. The molecular formula is C22H39NO8. The van der Waals surface area contributed by atoms with Gasteiger partial charge in [0.15, 0.2) is 24.6 Å². The van der Waals surface area contributed by atoms with Gasteiger partial charge in [-0.25, -0.2) is 0 Å². The summed E-state index contributed by atoms with van der Waals surface area (Å²) in [7, 11) is 0. The van der Waals surface area contributed by atoms with Crippen LogP contribution in [0.15, 0.2) is 0 Å². The van der Waals surface area contributed by atoms with E-state index in [0.29, 0.717) is 38.8 Å². The van der Waals surface area contributed by atoms with E-state index in [9.17, 15) is 14.4 Å². The molecule has 9 nitrogen and oxygen atoms in total. The summed E-state index contributed by atoms with van der Waals surface area (Å²) in [5, 5.41) is 0. The van der Waals surface area contributed by atoms with Crippen LogP contribution in [0.1, 0.15) is 79.1 Å². The molecule has 0 saturated carbocycles. The Hall–Kier alpha value is -1.71. The van der Waals surface area contributed by atoms with Crippen LogP contribution in [0.4, 0.5) is 0 Å². The number of hydrogen-bond donors (Lipinski definition) is 1. The Morgan fingerprint density at radius 2 is 1.26 bits per heavy atom. The molecule has 0 aliphatic carbocycles. The minimum Gasteiger partial charge on any atom is -0.455 e. The first kappa shape index (κ1) is 27.3. The fourth-order valence-corrected chi connectivity index (χ4v) is 3.22. The SMILES string of the molecule is CCCC(=O)O[C@H]1[C@H](OC(=O)CCC)[C@@H](OCCCCN)O[C@@H](C)[C@H]1OC(=O)CCC. The Kier molecular flexibility index (Phi) is 13.4. The van der Waals surface area contributed by atoms with Crippen molar-refractivity contribution in [2.75, 3.05) is 13.2 Å². The van der Waals surface area contributed by atoms with Gasteiger partial charge in [-0.15, -0.1) is 0 Å². The molecule has 0 bridgehead atoms. The molecule has 1 heterocycles. The summed E-state index contributed by atoms with van der Waals surface area (Å²) < 4.78 is 28.7. The fourth-order valence-electron chi connectivity index (χ4n) is 3.22. The third-order valence-corrected chi connectivity index (χ3v) is 4.77. The van der Waals surface area contributed by atoms with Crippen LogP contribution in [-0.2, 0) is 38.1 Å². The Labute approximate surface area is 185 Å². The molecule has 1 fully saturated rings. The standard InChI is InChI=1S/C22H39NO8/c1-5-10-16(24)29-19-15(4)28-22(27-14-9-8-13-23)21(31-18(26)12-7-3)20(19)30-17(25)11-6-2/h15,19-22H,5-14,23H2,1-4H3/t15-,19+,20+,21-,22-/m0/s1. The van der Waals surface area contributed by atoms with Crippen molar-refractivity contribution in [1.29, 1.82) is 0 Å². The van der Waals surface area contributed by atoms with E-state index >= 15 is 0 Å². The molecule has 0 aromatic carbocycles. The van der Waals surface area contributed by atoms with Gasteiger partial charge in [0.2, 0.25) is 0 Å². The summed E-state index contributed by atoms with van der Waals surface area (Å²) in [5.74, 6) is -1.35. The molecule has 0 spiro atoms. The zero-order chi connectivity index (χ0) is 23.2. The van der Waals surface area contributed by atoms with Crippen LogP contribution < -0.4 is 5.73 Å². The van der Waals surface area contributed by atoms with Gasteiger partial charge in [0, 0.05) is 25.9 Å². The van der Waals surface area contributed by atoms with Crippen molar-refractivity contribution in [3.8, 4) is 0 Å². The second-order valence-corrected chi connectivity index (χ2v) is 7.69. The topological polar surface area (TPSA) is 123 Å². The van der Waals surface area contributed by atoms with E-state index in [2.05, 4.69) is 0 Å². The number of carbonyl (C=O) groups excluding carboxylic acids is 3. The molecule has 0 unspecified atom stereocenters. The van der Waals surface area contributed by atoms with Crippen molar-refractivity contribution in [2.24, 2.45) is 5.73 Å². The lowest BCUT2D eigenvalue weighted by atomic mass is 9.98. The van der Waals surface area contributed by atoms with Crippen LogP contribution in [-0.4, -0.2) is 61.8 Å². The van der Waals surface area contributed by atoms with Crippen molar-refractivity contribution in [3.63, 3.8) is 0 Å². The summed E-state index contributed by atoms with van der Waals surface area (Å²) in [6.45, 7) is 8.16. The van der Waals surface area contributed by atoms with Crippen LogP contribution >= 0.6 is 0 Å². The van der Waals surface area contributed by atoms with E-state index < -0.39 is 48.6 Å². The van der Waals surface area contributed by atoms with Crippen LogP contribution in [0.2, 0.25) is 0 Å². The highest BCUT2D eigenvalue weighted by Crippen LogP contribution is 2.30. The molecule has 1 aliphatic rings. The average Bonchev–Trinajstić information content (AvgIpc) is 2.71. The molecule has 1 rings (SSSR count). The lowest BCUT2D eigenvalue weighted by Gasteiger charge is -2.43. The Morgan fingerprint density at radius 1 is 0.774 bits per heavy atom. The minimum atomic E-state index is -1.05. The number of ether oxygens (including phenoxy) is 5. The fraction of sp³-hybridized carbons (Fsp3) is 0.864. The molecule has 1 aliphatic heterocycles. The summed E-state index contributed by atoms with van der Waals surface area (Å²) in [5.41, 5.74) is 5.53. The van der Waals surface area contributed by atoms with Gasteiger partial charge in [0.25, 0.3) is 0 Å². The molecule has 0 radical (unpaired) electrons. The first-order valence-electron chi connectivity index (χ1n) is 11.4. The molecule has 0 amide bonds. The van der Waals surface area contributed by atoms with Crippen LogP contribution in [0, 0.1) is 0 Å². The number of carbonyl (C=O) groups is 3. The first-order chi connectivity index (χ1) is 14.9. The maximum atomic E-state index is 12.3. The highest BCUT2D eigenvalue weighted by molar-refractivity contribution is 5.71. The van der Waals surface area contributed by atoms with E-state index in [1.54, 1.807) is 6.92 Å². The van der Waals surface area contributed by atoms with E-state index in [-0.39, 0.29) is 19.3 Å². The second-order valence-electron chi connectivity index (χ2n) is 7.69. The number of unbranched alkanes of at least 4 members (excludes halogenated alkanes) is 1. The Balaban J connectivity index is 3.13. The van der Waals surface area contributed by atoms with Crippen LogP contribution in [0.5, 0.6) is 0 Å². The number of esters is 3. The summed E-state index contributed by atoms with van der Waals surface area (Å²) in [4.78, 5) is 36.8. The van der Waals surface area contributed by atoms with Crippen molar-refractivity contribution < 1.29 is 38.1 Å². The second kappa shape index (κ2) is 15.2. The van der Waals surface area contributed by atoms with Crippen molar-refractivity contribution in [3.05, 3.63) is 0 Å². The van der Waals surface area contributed by atoms with Gasteiger partial charge in [0.05, 0.1) is 6.10 Å².